The number of aromatic nitrogens is 1. The van der Waals surface area contributed by atoms with Gasteiger partial charge in [0.05, 0.1) is 23.9 Å². The summed E-state index contributed by atoms with van der Waals surface area (Å²) in [5.74, 6) is 0.805. The van der Waals surface area contributed by atoms with Crippen molar-refractivity contribution in [1.82, 2.24) is 10.3 Å². The maximum absolute atomic E-state index is 6.26. The number of thiophene rings is 1. The highest BCUT2D eigenvalue weighted by molar-refractivity contribution is 7.10. The molecule has 1 N–H and O–H groups in total. The second-order valence-corrected chi connectivity index (χ2v) is 5.78. The molecule has 2 rings (SSSR count). The van der Waals surface area contributed by atoms with E-state index in [0.717, 1.165) is 34.2 Å². The number of pyridine rings is 1. The molecule has 2 heterocycles. The summed E-state index contributed by atoms with van der Waals surface area (Å²) in [5.41, 5.74) is 1.07. The maximum atomic E-state index is 6.26. The van der Waals surface area contributed by atoms with Crippen LogP contribution in [0.3, 0.4) is 0 Å². The van der Waals surface area contributed by atoms with Crippen molar-refractivity contribution in [1.29, 1.82) is 0 Å². The summed E-state index contributed by atoms with van der Waals surface area (Å²) in [5, 5.41) is 6.26. The smallest absolute Gasteiger partial charge is 0.137 e. The van der Waals surface area contributed by atoms with Gasteiger partial charge >= 0.3 is 0 Å². The molecule has 1 atom stereocenters. The van der Waals surface area contributed by atoms with Crippen molar-refractivity contribution in [3.05, 3.63) is 45.4 Å². The zero-order chi connectivity index (χ0) is 14.4. The zero-order valence-electron chi connectivity index (χ0n) is 11.7. The van der Waals surface area contributed by atoms with Crippen molar-refractivity contribution >= 4 is 22.9 Å². The average Bonchev–Trinajstić information content (AvgIpc) is 2.89. The monoisotopic (exact) mass is 310 g/mol. The topological polar surface area (TPSA) is 34.1 Å². The van der Waals surface area contributed by atoms with E-state index in [9.17, 15) is 0 Å². The quantitative estimate of drug-likeness (QED) is 0.828. The second kappa shape index (κ2) is 7.62. The summed E-state index contributed by atoms with van der Waals surface area (Å²) in [7, 11) is 0. The van der Waals surface area contributed by atoms with Crippen molar-refractivity contribution in [3.63, 3.8) is 0 Å². The molecule has 0 spiro atoms. The maximum Gasteiger partial charge on any atom is 0.137 e. The molecule has 0 bridgehead atoms. The molecule has 0 saturated carbocycles. The molecule has 2 aromatic rings. The fourth-order valence-electron chi connectivity index (χ4n) is 1.97. The van der Waals surface area contributed by atoms with Gasteiger partial charge < -0.3 is 10.1 Å². The number of ether oxygens (including phenoxy) is 1. The number of nitrogens with one attached hydrogen (secondary N) is 1. The molecule has 0 aromatic carbocycles. The van der Waals surface area contributed by atoms with Crippen LogP contribution < -0.4 is 10.1 Å². The number of nitrogens with zero attached hydrogens (tertiary/aromatic N) is 1. The van der Waals surface area contributed by atoms with E-state index in [2.05, 4.69) is 24.1 Å². The standard InChI is InChI=1S/C15H19ClN2OS/c1-3-6-19-12-8-11(9-17-10-12)14(18-4-2)15-13(16)5-7-20-15/h5,7-10,14,18H,3-4,6H2,1-2H3. The molecule has 5 heteroatoms. The van der Waals surface area contributed by atoms with E-state index in [4.69, 9.17) is 16.3 Å². The van der Waals surface area contributed by atoms with Crippen LogP contribution >= 0.6 is 22.9 Å². The molecule has 0 fully saturated rings. The van der Waals surface area contributed by atoms with E-state index < -0.39 is 0 Å². The van der Waals surface area contributed by atoms with Crippen LogP contribution in [0.25, 0.3) is 0 Å². The lowest BCUT2D eigenvalue weighted by Crippen LogP contribution is -2.21. The highest BCUT2D eigenvalue weighted by Gasteiger charge is 2.18. The van der Waals surface area contributed by atoms with E-state index in [-0.39, 0.29) is 6.04 Å². The van der Waals surface area contributed by atoms with Crippen LogP contribution in [-0.2, 0) is 0 Å². The lowest BCUT2D eigenvalue weighted by molar-refractivity contribution is 0.315. The highest BCUT2D eigenvalue weighted by atomic mass is 35.5. The Labute approximate surface area is 129 Å². The molecule has 1 unspecified atom stereocenters. The molecule has 108 valence electrons. The number of halogens is 1. The van der Waals surface area contributed by atoms with Gasteiger partial charge in [0.1, 0.15) is 5.75 Å². The van der Waals surface area contributed by atoms with Crippen molar-refractivity contribution in [2.75, 3.05) is 13.2 Å². The minimum absolute atomic E-state index is 0.0603. The van der Waals surface area contributed by atoms with Gasteiger partial charge in [-0.25, -0.2) is 0 Å². The van der Waals surface area contributed by atoms with Gasteiger partial charge in [-0.3, -0.25) is 4.98 Å². The Morgan fingerprint density at radius 1 is 1.40 bits per heavy atom. The largest absolute Gasteiger partial charge is 0.492 e. The van der Waals surface area contributed by atoms with Crippen LogP contribution in [0.15, 0.2) is 29.9 Å². The molecule has 3 nitrogen and oxygen atoms in total. The van der Waals surface area contributed by atoms with Crippen LogP contribution in [0.5, 0.6) is 5.75 Å². The Kier molecular flexibility index (Phi) is 5.83. The normalized spacial score (nSPS) is 12.3. The SMILES string of the molecule is CCCOc1cncc(C(NCC)c2sccc2Cl)c1. The fraction of sp³-hybridized carbons (Fsp3) is 0.400. The van der Waals surface area contributed by atoms with Gasteiger partial charge in [0.2, 0.25) is 0 Å². The van der Waals surface area contributed by atoms with Crippen molar-refractivity contribution in [3.8, 4) is 5.75 Å². The van der Waals surface area contributed by atoms with E-state index >= 15 is 0 Å². The summed E-state index contributed by atoms with van der Waals surface area (Å²) in [6.07, 6.45) is 4.60. The third-order valence-electron chi connectivity index (χ3n) is 2.86. The number of hydrogen-bond donors (Lipinski definition) is 1. The van der Waals surface area contributed by atoms with Gasteiger partial charge in [-0.2, -0.15) is 0 Å². The predicted octanol–water partition coefficient (Wildman–Crippen LogP) is 4.28. The minimum Gasteiger partial charge on any atom is -0.492 e. The molecule has 0 aliphatic rings. The first-order valence-corrected chi connectivity index (χ1v) is 8.06. The fourth-order valence-corrected chi connectivity index (χ4v) is 3.24. The van der Waals surface area contributed by atoms with Gasteiger partial charge in [-0.1, -0.05) is 25.4 Å². The van der Waals surface area contributed by atoms with Gasteiger partial charge in [-0.15, -0.1) is 11.3 Å². The first-order chi connectivity index (χ1) is 9.76. The lowest BCUT2D eigenvalue weighted by atomic mass is 10.1. The predicted molar refractivity (Wildman–Crippen MR) is 84.9 cm³/mol. The summed E-state index contributed by atoms with van der Waals surface area (Å²) < 4.78 is 5.65. The van der Waals surface area contributed by atoms with Crippen molar-refractivity contribution < 1.29 is 4.74 Å². The Bertz CT molecular complexity index is 544. The van der Waals surface area contributed by atoms with Gasteiger partial charge in [0, 0.05) is 11.1 Å². The van der Waals surface area contributed by atoms with Crippen LogP contribution in [0, 0.1) is 0 Å². The van der Waals surface area contributed by atoms with Crippen LogP contribution in [0.2, 0.25) is 5.02 Å². The van der Waals surface area contributed by atoms with Crippen LogP contribution in [-0.4, -0.2) is 18.1 Å². The summed E-state index contributed by atoms with van der Waals surface area (Å²) >= 11 is 7.92. The Morgan fingerprint density at radius 3 is 2.90 bits per heavy atom. The van der Waals surface area contributed by atoms with E-state index in [1.807, 2.05) is 23.7 Å². The lowest BCUT2D eigenvalue weighted by Gasteiger charge is -2.18. The first-order valence-electron chi connectivity index (χ1n) is 6.80. The first kappa shape index (κ1) is 15.3. The molecule has 20 heavy (non-hydrogen) atoms. The third kappa shape index (κ3) is 3.72. The van der Waals surface area contributed by atoms with Gasteiger partial charge in [-0.05, 0) is 36.0 Å². The van der Waals surface area contributed by atoms with Crippen LogP contribution in [0.4, 0.5) is 0 Å². The van der Waals surface area contributed by atoms with Crippen molar-refractivity contribution in [2.45, 2.75) is 26.3 Å². The molecule has 0 saturated heterocycles. The molecular weight excluding hydrogens is 292 g/mol. The minimum atomic E-state index is 0.0603. The van der Waals surface area contributed by atoms with Gasteiger partial charge in [0.15, 0.2) is 0 Å². The molecule has 0 aliphatic heterocycles. The Morgan fingerprint density at radius 2 is 2.25 bits per heavy atom. The van der Waals surface area contributed by atoms with Crippen LogP contribution in [0.1, 0.15) is 36.8 Å². The van der Waals surface area contributed by atoms with E-state index in [1.54, 1.807) is 17.5 Å². The third-order valence-corrected chi connectivity index (χ3v) is 4.28. The second-order valence-electron chi connectivity index (χ2n) is 4.43. The Hall–Kier alpha value is -1.10. The molecule has 2 aromatic heterocycles. The van der Waals surface area contributed by atoms with Gasteiger partial charge in [0.25, 0.3) is 0 Å². The summed E-state index contributed by atoms with van der Waals surface area (Å²) in [6, 6.07) is 4.02. The summed E-state index contributed by atoms with van der Waals surface area (Å²) in [6.45, 7) is 5.74. The molecule has 0 amide bonds. The number of hydrogen-bond acceptors (Lipinski definition) is 4. The van der Waals surface area contributed by atoms with E-state index in [1.165, 1.54) is 0 Å². The molecule has 0 aliphatic carbocycles. The van der Waals surface area contributed by atoms with E-state index in [0.29, 0.717) is 6.61 Å². The highest BCUT2D eigenvalue weighted by Crippen LogP contribution is 2.33. The molecular formula is C15H19ClN2OS. The number of rotatable bonds is 7. The molecule has 0 radical (unpaired) electrons. The zero-order valence-corrected chi connectivity index (χ0v) is 13.3. The average molecular weight is 311 g/mol. The van der Waals surface area contributed by atoms with Crippen molar-refractivity contribution in [2.24, 2.45) is 0 Å². The summed E-state index contributed by atoms with van der Waals surface area (Å²) in [4.78, 5) is 5.39. The Balaban J connectivity index is 2.27.